The maximum absolute atomic E-state index is 5.57. The van der Waals surface area contributed by atoms with Crippen LogP contribution < -0.4 is 4.74 Å². The van der Waals surface area contributed by atoms with Gasteiger partial charge in [-0.25, -0.2) is 0 Å². The second-order valence-electron chi connectivity index (χ2n) is 3.27. The van der Waals surface area contributed by atoms with Crippen LogP contribution in [0.5, 0.6) is 5.75 Å². The molecular formula is C13H10BrClO. The molecule has 0 radical (unpaired) electrons. The van der Waals surface area contributed by atoms with Gasteiger partial charge in [0.15, 0.2) is 0 Å². The molecule has 2 aromatic carbocycles. The van der Waals surface area contributed by atoms with E-state index in [1.165, 1.54) is 10.9 Å². The van der Waals surface area contributed by atoms with Crippen LogP contribution in [0.1, 0.15) is 0 Å². The first-order chi connectivity index (χ1) is 7.83. The zero-order chi connectivity index (χ0) is 11.4. The third-order valence-electron chi connectivity index (χ3n) is 2.25. The van der Waals surface area contributed by atoms with E-state index in [1.807, 2.05) is 24.3 Å². The molecule has 2 aromatic rings. The third-order valence-corrected chi connectivity index (χ3v) is 3.25. The van der Waals surface area contributed by atoms with Crippen molar-refractivity contribution in [2.75, 3.05) is 6.61 Å². The highest BCUT2D eigenvalue weighted by atomic mass is 79.9. The highest BCUT2D eigenvalue weighted by molar-refractivity contribution is 9.10. The number of rotatable bonds is 3. The quantitative estimate of drug-likeness (QED) is 0.795. The second-order valence-corrected chi connectivity index (χ2v) is 4.32. The van der Waals surface area contributed by atoms with Crippen LogP contribution in [0.25, 0.3) is 10.8 Å². The van der Waals surface area contributed by atoms with E-state index in [9.17, 15) is 0 Å². The Balaban J connectivity index is 2.36. The summed E-state index contributed by atoms with van der Waals surface area (Å²) in [5.74, 6) is 0.827. The molecule has 0 saturated carbocycles. The summed E-state index contributed by atoms with van der Waals surface area (Å²) in [6.45, 7) is 0.473. The lowest BCUT2D eigenvalue weighted by Crippen LogP contribution is -1.94. The van der Waals surface area contributed by atoms with Gasteiger partial charge in [-0.15, -0.1) is 0 Å². The monoisotopic (exact) mass is 296 g/mol. The summed E-state index contributed by atoms with van der Waals surface area (Å²) >= 11 is 8.98. The lowest BCUT2D eigenvalue weighted by Gasteiger charge is -2.08. The van der Waals surface area contributed by atoms with Crippen molar-refractivity contribution < 1.29 is 4.74 Å². The fraction of sp³-hybridized carbons (Fsp3) is 0.0769. The van der Waals surface area contributed by atoms with Crippen LogP contribution in [-0.2, 0) is 0 Å². The standard InChI is InChI=1S/C13H10BrClO/c14-13-11-5-2-1-4-10(11)6-7-12(13)16-9-3-8-15/h1-8H,9H2/b8-3+. The molecule has 3 heteroatoms. The van der Waals surface area contributed by atoms with E-state index in [-0.39, 0.29) is 0 Å². The van der Waals surface area contributed by atoms with Crippen LogP contribution in [0.15, 0.2) is 52.5 Å². The lowest BCUT2D eigenvalue weighted by atomic mass is 10.1. The van der Waals surface area contributed by atoms with E-state index in [0.717, 1.165) is 15.6 Å². The Morgan fingerprint density at radius 1 is 1.19 bits per heavy atom. The molecule has 0 amide bonds. The SMILES string of the molecule is Cl/C=C/COc1ccc2ccccc2c1Br. The summed E-state index contributed by atoms with van der Waals surface area (Å²) < 4.78 is 6.55. The van der Waals surface area contributed by atoms with Crippen molar-refractivity contribution in [2.24, 2.45) is 0 Å². The first-order valence-corrected chi connectivity index (χ1v) is 6.11. The van der Waals surface area contributed by atoms with E-state index in [4.69, 9.17) is 16.3 Å². The molecule has 0 unspecified atom stereocenters. The maximum atomic E-state index is 5.57. The minimum absolute atomic E-state index is 0.473. The number of fused-ring (bicyclic) bond motifs is 1. The Morgan fingerprint density at radius 2 is 2.00 bits per heavy atom. The normalized spacial score (nSPS) is 11.1. The second kappa shape index (κ2) is 5.37. The zero-order valence-electron chi connectivity index (χ0n) is 8.49. The van der Waals surface area contributed by atoms with Gasteiger partial charge in [0.2, 0.25) is 0 Å². The molecule has 82 valence electrons. The minimum atomic E-state index is 0.473. The summed E-state index contributed by atoms with van der Waals surface area (Å²) in [5.41, 5.74) is 1.45. The third kappa shape index (κ3) is 2.39. The Hall–Kier alpha value is -0.990. The molecule has 0 spiro atoms. The molecule has 0 N–H and O–H groups in total. The van der Waals surface area contributed by atoms with Crippen LogP contribution in [0.2, 0.25) is 0 Å². The number of halogens is 2. The van der Waals surface area contributed by atoms with Gasteiger partial charge in [0.25, 0.3) is 0 Å². The molecule has 0 heterocycles. The molecule has 0 atom stereocenters. The lowest BCUT2D eigenvalue weighted by molar-refractivity contribution is 0.361. The molecule has 0 aliphatic carbocycles. The van der Waals surface area contributed by atoms with Crippen molar-refractivity contribution in [2.45, 2.75) is 0 Å². The van der Waals surface area contributed by atoms with Gasteiger partial charge in [-0.05, 0) is 38.8 Å². The summed E-state index contributed by atoms with van der Waals surface area (Å²) in [4.78, 5) is 0. The van der Waals surface area contributed by atoms with E-state index in [2.05, 4.69) is 28.1 Å². The van der Waals surface area contributed by atoms with Crippen LogP contribution in [-0.4, -0.2) is 6.61 Å². The van der Waals surface area contributed by atoms with Crippen molar-refractivity contribution in [1.29, 1.82) is 0 Å². The Kier molecular flexibility index (Phi) is 3.86. The Labute approximate surface area is 108 Å². The summed E-state index contributed by atoms with van der Waals surface area (Å²) in [6.07, 6.45) is 1.75. The van der Waals surface area contributed by atoms with Gasteiger partial charge >= 0.3 is 0 Å². The molecule has 0 aliphatic rings. The van der Waals surface area contributed by atoms with E-state index in [1.54, 1.807) is 6.08 Å². The van der Waals surface area contributed by atoms with E-state index >= 15 is 0 Å². The Bertz CT molecular complexity index is 522. The molecule has 0 aromatic heterocycles. The molecule has 0 saturated heterocycles. The number of hydrogen-bond acceptors (Lipinski definition) is 1. The molecule has 2 rings (SSSR count). The molecule has 0 aliphatic heterocycles. The van der Waals surface area contributed by atoms with Crippen molar-refractivity contribution in [3.8, 4) is 5.75 Å². The van der Waals surface area contributed by atoms with Gasteiger partial charge in [-0.2, -0.15) is 0 Å². The van der Waals surface area contributed by atoms with E-state index < -0.39 is 0 Å². The molecule has 0 fully saturated rings. The number of ether oxygens (including phenoxy) is 1. The molecule has 1 nitrogen and oxygen atoms in total. The molecule has 0 bridgehead atoms. The van der Waals surface area contributed by atoms with Gasteiger partial charge in [0.1, 0.15) is 12.4 Å². The van der Waals surface area contributed by atoms with Crippen molar-refractivity contribution in [1.82, 2.24) is 0 Å². The Morgan fingerprint density at radius 3 is 2.81 bits per heavy atom. The predicted octanol–water partition coefficient (Wildman–Crippen LogP) is 4.73. The van der Waals surface area contributed by atoms with Crippen molar-refractivity contribution in [3.05, 3.63) is 52.5 Å². The van der Waals surface area contributed by atoms with Gasteiger partial charge in [-0.1, -0.05) is 41.9 Å². The smallest absolute Gasteiger partial charge is 0.134 e. The summed E-state index contributed by atoms with van der Waals surface area (Å²) in [7, 11) is 0. The van der Waals surface area contributed by atoms with Gasteiger partial charge in [0, 0.05) is 5.54 Å². The predicted molar refractivity (Wildman–Crippen MR) is 72.1 cm³/mol. The van der Waals surface area contributed by atoms with Gasteiger partial charge < -0.3 is 4.74 Å². The largest absolute Gasteiger partial charge is 0.488 e. The highest BCUT2D eigenvalue weighted by Gasteiger charge is 2.04. The highest BCUT2D eigenvalue weighted by Crippen LogP contribution is 2.32. The van der Waals surface area contributed by atoms with E-state index in [0.29, 0.717) is 6.61 Å². The topological polar surface area (TPSA) is 9.23 Å². The van der Waals surface area contributed by atoms with Crippen LogP contribution >= 0.6 is 27.5 Å². The first kappa shape index (κ1) is 11.5. The average molecular weight is 298 g/mol. The van der Waals surface area contributed by atoms with Crippen LogP contribution in [0.3, 0.4) is 0 Å². The van der Waals surface area contributed by atoms with Crippen LogP contribution in [0.4, 0.5) is 0 Å². The molecule has 16 heavy (non-hydrogen) atoms. The van der Waals surface area contributed by atoms with Crippen LogP contribution in [0, 0.1) is 0 Å². The minimum Gasteiger partial charge on any atom is -0.488 e. The van der Waals surface area contributed by atoms with Crippen molar-refractivity contribution in [3.63, 3.8) is 0 Å². The van der Waals surface area contributed by atoms with Gasteiger partial charge in [-0.3, -0.25) is 0 Å². The fourth-order valence-corrected chi connectivity index (χ4v) is 2.18. The number of hydrogen-bond donors (Lipinski definition) is 0. The maximum Gasteiger partial charge on any atom is 0.134 e. The summed E-state index contributed by atoms with van der Waals surface area (Å²) in [5, 5.41) is 2.34. The van der Waals surface area contributed by atoms with Crippen molar-refractivity contribution >= 4 is 38.3 Å². The zero-order valence-corrected chi connectivity index (χ0v) is 10.8. The van der Waals surface area contributed by atoms with Gasteiger partial charge in [0.05, 0.1) is 4.47 Å². The molecular weight excluding hydrogens is 287 g/mol. The average Bonchev–Trinajstić information content (AvgIpc) is 2.33. The summed E-state index contributed by atoms with van der Waals surface area (Å²) in [6, 6.07) is 12.2. The fourth-order valence-electron chi connectivity index (χ4n) is 1.50. The first-order valence-electron chi connectivity index (χ1n) is 4.88. The number of benzene rings is 2.